The normalized spacial score (nSPS) is 12.0. The van der Waals surface area contributed by atoms with Crippen LogP contribution in [0.15, 0.2) is 78.3 Å². The van der Waals surface area contributed by atoms with Crippen molar-refractivity contribution in [1.82, 2.24) is 15.2 Å². The summed E-state index contributed by atoms with van der Waals surface area (Å²) in [7, 11) is 1.66. The molecule has 2 amide bonds. The molecule has 4 aromatic rings. The maximum absolute atomic E-state index is 13.1. The van der Waals surface area contributed by atoms with E-state index in [1.165, 1.54) is 16.5 Å². The highest BCUT2D eigenvalue weighted by atomic mass is 32.1. The molecule has 0 aliphatic rings. The van der Waals surface area contributed by atoms with Gasteiger partial charge in [-0.1, -0.05) is 54.6 Å². The van der Waals surface area contributed by atoms with Gasteiger partial charge in [-0.15, -0.1) is 11.3 Å². The van der Waals surface area contributed by atoms with Gasteiger partial charge in [0.2, 0.25) is 0 Å². The topological polar surface area (TPSA) is 57.4 Å². The van der Waals surface area contributed by atoms with Crippen molar-refractivity contribution in [3.05, 3.63) is 94.3 Å². The first-order valence-corrected chi connectivity index (χ1v) is 11.3. The van der Waals surface area contributed by atoms with Crippen molar-refractivity contribution in [2.75, 3.05) is 26.8 Å². The van der Waals surface area contributed by atoms with E-state index in [0.717, 1.165) is 10.4 Å². The number of para-hydroxylation sites is 1. The fourth-order valence-corrected chi connectivity index (χ4v) is 4.54. The average molecular weight is 434 g/mol. The van der Waals surface area contributed by atoms with Crippen LogP contribution in [0.1, 0.15) is 21.9 Å². The Morgan fingerprint density at radius 1 is 1.10 bits per heavy atom. The number of urea groups is 1. The van der Waals surface area contributed by atoms with Gasteiger partial charge in [-0.25, -0.2) is 4.79 Å². The van der Waals surface area contributed by atoms with Crippen LogP contribution < -0.4 is 5.32 Å². The Morgan fingerprint density at radius 2 is 1.90 bits per heavy atom. The van der Waals surface area contributed by atoms with Gasteiger partial charge in [-0.3, -0.25) is 0 Å². The zero-order chi connectivity index (χ0) is 21.5. The van der Waals surface area contributed by atoms with Crippen molar-refractivity contribution in [2.24, 2.45) is 0 Å². The van der Waals surface area contributed by atoms with Crippen molar-refractivity contribution in [3.63, 3.8) is 0 Å². The summed E-state index contributed by atoms with van der Waals surface area (Å²) in [5.74, 6) is 0.0484. The molecule has 160 valence electrons. The number of carbonyl (C=O) groups excluding carboxylic acids is 1. The van der Waals surface area contributed by atoms with Crippen LogP contribution in [0.2, 0.25) is 0 Å². The van der Waals surface area contributed by atoms with Crippen LogP contribution in [0.3, 0.4) is 0 Å². The van der Waals surface area contributed by atoms with Crippen molar-refractivity contribution in [1.29, 1.82) is 0 Å². The van der Waals surface area contributed by atoms with Gasteiger partial charge in [0.1, 0.15) is 0 Å². The summed E-state index contributed by atoms with van der Waals surface area (Å²) in [6, 6.07) is 22.6. The molecule has 0 radical (unpaired) electrons. The Morgan fingerprint density at radius 3 is 2.68 bits per heavy atom. The van der Waals surface area contributed by atoms with Gasteiger partial charge >= 0.3 is 6.03 Å². The van der Waals surface area contributed by atoms with E-state index in [1.807, 2.05) is 46.7 Å². The second-order valence-corrected chi connectivity index (χ2v) is 8.46. The first-order chi connectivity index (χ1) is 15.3. The number of carbonyl (C=O) groups is 1. The Labute approximate surface area is 186 Å². The number of ether oxygens (including phenoxy) is 1. The molecule has 2 aromatic heterocycles. The van der Waals surface area contributed by atoms with Gasteiger partial charge in [0.15, 0.2) is 0 Å². The molecule has 0 aliphatic heterocycles. The summed E-state index contributed by atoms with van der Waals surface area (Å²) in [6.07, 6.45) is 2.06. The Bertz CT molecular complexity index is 1090. The van der Waals surface area contributed by atoms with Gasteiger partial charge < -0.3 is 19.9 Å². The number of nitrogens with zero attached hydrogens (tertiary/aromatic N) is 1. The maximum Gasteiger partial charge on any atom is 0.317 e. The van der Waals surface area contributed by atoms with Gasteiger partial charge in [0, 0.05) is 48.1 Å². The van der Waals surface area contributed by atoms with Crippen LogP contribution in [0, 0.1) is 0 Å². The maximum atomic E-state index is 13.1. The minimum atomic E-state index is -0.0776. The number of fused-ring (bicyclic) bond motifs is 1. The molecule has 0 unspecified atom stereocenters. The third-order valence-electron chi connectivity index (χ3n) is 5.44. The molecule has 2 heterocycles. The summed E-state index contributed by atoms with van der Waals surface area (Å²) in [5, 5.41) is 6.39. The van der Waals surface area contributed by atoms with Crippen molar-refractivity contribution in [3.8, 4) is 0 Å². The number of amides is 2. The molecule has 0 saturated carbocycles. The van der Waals surface area contributed by atoms with Crippen molar-refractivity contribution < 1.29 is 9.53 Å². The Kier molecular flexibility index (Phi) is 7.02. The zero-order valence-corrected chi connectivity index (χ0v) is 18.4. The first kappa shape index (κ1) is 21.2. The summed E-state index contributed by atoms with van der Waals surface area (Å²) in [5.41, 5.74) is 3.46. The SMILES string of the molecule is COCCN(Cc1cccs1)C(=O)NC[C@@H](c1ccccc1)c1c[nH]c2ccccc12. The number of H-pyrrole nitrogens is 1. The van der Waals surface area contributed by atoms with E-state index < -0.39 is 0 Å². The number of nitrogens with one attached hydrogen (secondary N) is 2. The summed E-state index contributed by atoms with van der Waals surface area (Å²) >= 11 is 1.66. The van der Waals surface area contributed by atoms with E-state index in [-0.39, 0.29) is 11.9 Å². The number of aromatic amines is 1. The number of thiophene rings is 1. The van der Waals surface area contributed by atoms with Crippen LogP contribution >= 0.6 is 11.3 Å². The lowest BCUT2D eigenvalue weighted by Crippen LogP contribution is -2.42. The lowest BCUT2D eigenvalue weighted by molar-refractivity contribution is 0.147. The summed E-state index contributed by atoms with van der Waals surface area (Å²) < 4.78 is 5.22. The monoisotopic (exact) mass is 433 g/mol. The molecule has 0 bridgehead atoms. The third-order valence-corrected chi connectivity index (χ3v) is 6.30. The third kappa shape index (κ3) is 5.16. The molecule has 6 heteroatoms. The molecule has 5 nitrogen and oxygen atoms in total. The van der Waals surface area contributed by atoms with Gasteiger partial charge in [-0.2, -0.15) is 0 Å². The van der Waals surface area contributed by atoms with Crippen LogP contribution in [0.5, 0.6) is 0 Å². The number of rotatable bonds is 9. The predicted octanol–water partition coefficient (Wildman–Crippen LogP) is 5.22. The van der Waals surface area contributed by atoms with E-state index in [2.05, 4.69) is 46.8 Å². The van der Waals surface area contributed by atoms with Crippen LogP contribution in [-0.2, 0) is 11.3 Å². The van der Waals surface area contributed by atoms with Crippen LogP contribution in [0.4, 0.5) is 4.79 Å². The van der Waals surface area contributed by atoms with Crippen molar-refractivity contribution >= 4 is 28.3 Å². The fourth-order valence-electron chi connectivity index (χ4n) is 3.82. The highest BCUT2D eigenvalue weighted by molar-refractivity contribution is 7.09. The molecule has 31 heavy (non-hydrogen) atoms. The molecule has 1 atom stereocenters. The summed E-state index contributed by atoms with van der Waals surface area (Å²) in [4.78, 5) is 19.4. The number of aromatic nitrogens is 1. The van der Waals surface area contributed by atoms with Gasteiger partial charge in [0.05, 0.1) is 13.2 Å². The van der Waals surface area contributed by atoms with Crippen LogP contribution in [0.25, 0.3) is 10.9 Å². The smallest absolute Gasteiger partial charge is 0.317 e. The Hall–Kier alpha value is -3.09. The average Bonchev–Trinajstić information content (AvgIpc) is 3.48. The highest BCUT2D eigenvalue weighted by Gasteiger charge is 2.21. The summed E-state index contributed by atoms with van der Waals surface area (Å²) in [6.45, 7) is 2.14. The van der Waals surface area contributed by atoms with Crippen LogP contribution in [-0.4, -0.2) is 42.7 Å². The molecular weight excluding hydrogens is 406 g/mol. The molecule has 4 rings (SSSR count). The molecule has 0 spiro atoms. The molecule has 2 aromatic carbocycles. The predicted molar refractivity (Wildman–Crippen MR) is 127 cm³/mol. The standard InChI is InChI=1S/C25H27N3O2S/c1-30-14-13-28(18-20-10-7-15-31-20)25(29)27-16-22(19-8-3-2-4-9-19)23-17-26-24-12-6-5-11-21(23)24/h2-12,15,17,22,26H,13-14,16,18H2,1H3,(H,27,29)/t22-/m0/s1. The van der Waals surface area contributed by atoms with Gasteiger partial charge in [-0.05, 0) is 28.6 Å². The zero-order valence-electron chi connectivity index (χ0n) is 17.6. The Balaban J connectivity index is 1.54. The second kappa shape index (κ2) is 10.3. The van der Waals surface area contributed by atoms with E-state index in [4.69, 9.17) is 4.74 Å². The first-order valence-electron chi connectivity index (χ1n) is 10.4. The van der Waals surface area contributed by atoms with E-state index in [0.29, 0.717) is 26.2 Å². The minimum absolute atomic E-state index is 0.0484. The highest BCUT2D eigenvalue weighted by Crippen LogP contribution is 2.30. The van der Waals surface area contributed by atoms with Gasteiger partial charge in [0.25, 0.3) is 0 Å². The van der Waals surface area contributed by atoms with E-state index in [1.54, 1.807) is 18.4 Å². The largest absolute Gasteiger partial charge is 0.383 e. The molecule has 0 aliphatic carbocycles. The molecule has 0 saturated heterocycles. The fraction of sp³-hybridized carbons (Fsp3) is 0.240. The molecule has 0 fully saturated rings. The second-order valence-electron chi connectivity index (χ2n) is 7.43. The number of hydrogen-bond donors (Lipinski definition) is 2. The number of hydrogen-bond acceptors (Lipinski definition) is 3. The number of benzene rings is 2. The lowest BCUT2D eigenvalue weighted by Gasteiger charge is -2.24. The van der Waals surface area contributed by atoms with Crippen molar-refractivity contribution in [2.45, 2.75) is 12.5 Å². The quantitative estimate of drug-likeness (QED) is 0.380. The number of methoxy groups -OCH3 is 1. The van der Waals surface area contributed by atoms with E-state index >= 15 is 0 Å². The lowest BCUT2D eigenvalue weighted by atomic mass is 9.91. The van der Waals surface area contributed by atoms with E-state index in [9.17, 15) is 4.79 Å². The molecular formula is C25H27N3O2S. The molecule has 2 N–H and O–H groups in total. The minimum Gasteiger partial charge on any atom is -0.383 e.